The fourth-order valence-corrected chi connectivity index (χ4v) is 2.38. The SMILES string of the molecule is CCOC(=O)CCc1ccc(Oc2cccc(Br)c2C)cc1. The first kappa shape index (κ1) is 16.6. The summed E-state index contributed by atoms with van der Waals surface area (Å²) in [6.45, 7) is 4.25. The van der Waals surface area contributed by atoms with Crippen molar-refractivity contribution in [3.05, 3.63) is 58.1 Å². The summed E-state index contributed by atoms with van der Waals surface area (Å²) in [6.07, 6.45) is 1.08. The monoisotopic (exact) mass is 362 g/mol. The second-order valence-electron chi connectivity index (χ2n) is 4.91. The Morgan fingerprint density at radius 1 is 1.14 bits per heavy atom. The van der Waals surface area contributed by atoms with Crippen LogP contribution in [0.4, 0.5) is 0 Å². The Labute approximate surface area is 139 Å². The molecular formula is C18H19BrO3. The van der Waals surface area contributed by atoms with Crippen LogP contribution in [0.15, 0.2) is 46.9 Å². The Morgan fingerprint density at radius 3 is 2.55 bits per heavy atom. The van der Waals surface area contributed by atoms with Crippen molar-refractivity contribution in [2.75, 3.05) is 6.61 Å². The predicted octanol–water partition coefficient (Wildman–Crippen LogP) is 5.05. The van der Waals surface area contributed by atoms with Gasteiger partial charge in [0.15, 0.2) is 0 Å². The van der Waals surface area contributed by atoms with Crippen molar-refractivity contribution in [2.45, 2.75) is 26.7 Å². The molecule has 0 fully saturated rings. The number of hydrogen-bond donors (Lipinski definition) is 0. The second-order valence-corrected chi connectivity index (χ2v) is 5.77. The molecule has 0 bridgehead atoms. The second kappa shape index (κ2) is 7.99. The smallest absolute Gasteiger partial charge is 0.306 e. The first-order valence-electron chi connectivity index (χ1n) is 7.27. The number of esters is 1. The van der Waals surface area contributed by atoms with Gasteiger partial charge in [-0.2, -0.15) is 0 Å². The lowest BCUT2D eigenvalue weighted by atomic mass is 10.1. The van der Waals surface area contributed by atoms with E-state index in [1.807, 2.05) is 56.3 Å². The van der Waals surface area contributed by atoms with E-state index in [0.29, 0.717) is 19.4 Å². The summed E-state index contributed by atoms with van der Waals surface area (Å²) in [6, 6.07) is 13.7. The van der Waals surface area contributed by atoms with Gasteiger partial charge in [0.25, 0.3) is 0 Å². The van der Waals surface area contributed by atoms with Gasteiger partial charge in [0.1, 0.15) is 11.5 Å². The maximum atomic E-state index is 11.3. The van der Waals surface area contributed by atoms with Crippen molar-refractivity contribution in [1.82, 2.24) is 0 Å². The third-order valence-electron chi connectivity index (χ3n) is 3.29. The fourth-order valence-electron chi connectivity index (χ4n) is 2.03. The minimum atomic E-state index is -0.160. The van der Waals surface area contributed by atoms with Crippen molar-refractivity contribution in [3.8, 4) is 11.5 Å². The van der Waals surface area contributed by atoms with Crippen LogP contribution < -0.4 is 4.74 Å². The minimum absolute atomic E-state index is 0.160. The molecule has 4 heteroatoms. The Morgan fingerprint density at radius 2 is 1.86 bits per heavy atom. The molecule has 116 valence electrons. The molecule has 2 aromatic rings. The van der Waals surface area contributed by atoms with Gasteiger partial charge in [0.05, 0.1) is 6.61 Å². The molecule has 0 saturated carbocycles. The molecule has 0 atom stereocenters. The van der Waals surface area contributed by atoms with E-state index in [9.17, 15) is 4.79 Å². The average Bonchev–Trinajstić information content (AvgIpc) is 2.51. The van der Waals surface area contributed by atoms with Crippen molar-refractivity contribution in [3.63, 3.8) is 0 Å². The molecule has 0 aliphatic carbocycles. The van der Waals surface area contributed by atoms with Crippen molar-refractivity contribution < 1.29 is 14.3 Å². The summed E-state index contributed by atoms with van der Waals surface area (Å²) in [4.78, 5) is 11.3. The van der Waals surface area contributed by atoms with Gasteiger partial charge in [-0.05, 0) is 50.1 Å². The van der Waals surface area contributed by atoms with Crippen LogP contribution in [0.1, 0.15) is 24.5 Å². The molecule has 0 spiro atoms. The molecule has 2 rings (SSSR count). The first-order chi connectivity index (χ1) is 10.6. The summed E-state index contributed by atoms with van der Waals surface area (Å²) < 4.78 is 11.8. The molecule has 0 N–H and O–H groups in total. The highest BCUT2D eigenvalue weighted by atomic mass is 79.9. The molecular weight excluding hydrogens is 344 g/mol. The Hall–Kier alpha value is -1.81. The highest BCUT2D eigenvalue weighted by molar-refractivity contribution is 9.10. The lowest BCUT2D eigenvalue weighted by Gasteiger charge is -2.10. The lowest BCUT2D eigenvalue weighted by molar-refractivity contribution is -0.143. The molecule has 0 amide bonds. The Balaban J connectivity index is 1.97. The number of ether oxygens (including phenoxy) is 2. The predicted molar refractivity (Wildman–Crippen MR) is 90.3 cm³/mol. The topological polar surface area (TPSA) is 35.5 Å². The van der Waals surface area contributed by atoms with E-state index in [-0.39, 0.29) is 5.97 Å². The molecule has 22 heavy (non-hydrogen) atoms. The van der Waals surface area contributed by atoms with Crippen LogP contribution in [0.25, 0.3) is 0 Å². The summed E-state index contributed by atoms with van der Waals surface area (Å²) in [5.74, 6) is 1.45. The normalized spacial score (nSPS) is 10.3. The van der Waals surface area contributed by atoms with Gasteiger partial charge >= 0.3 is 5.97 Å². The largest absolute Gasteiger partial charge is 0.466 e. The molecule has 0 unspecified atom stereocenters. The van der Waals surface area contributed by atoms with E-state index < -0.39 is 0 Å². The van der Waals surface area contributed by atoms with Crippen LogP contribution >= 0.6 is 15.9 Å². The summed E-state index contributed by atoms with van der Waals surface area (Å²) in [5, 5.41) is 0. The minimum Gasteiger partial charge on any atom is -0.466 e. The summed E-state index contributed by atoms with van der Waals surface area (Å²) in [5.41, 5.74) is 2.15. The van der Waals surface area contributed by atoms with Gasteiger partial charge in [-0.25, -0.2) is 0 Å². The van der Waals surface area contributed by atoms with Gasteiger partial charge in [-0.1, -0.05) is 34.1 Å². The van der Waals surface area contributed by atoms with Gasteiger partial charge in [0.2, 0.25) is 0 Å². The van der Waals surface area contributed by atoms with Crippen LogP contribution in [0.3, 0.4) is 0 Å². The fraction of sp³-hybridized carbons (Fsp3) is 0.278. The third-order valence-corrected chi connectivity index (χ3v) is 4.15. The number of carbonyl (C=O) groups excluding carboxylic acids is 1. The maximum Gasteiger partial charge on any atom is 0.306 e. The van der Waals surface area contributed by atoms with E-state index in [0.717, 1.165) is 27.1 Å². The number of halogens is 1. The van der Waals surface area contributed by atoms with Gasteiger partial charge in [0, 0.05) is 16.5 Å². The average molecular weight is 363 g/mol. The number of rotatable bonds is 6. The standard InChI is InChI=1S/C18H19BrO3/c1-3-21-18(20)12-9-14-7-10-15(11-8-14)22-17-6-4-5-16(19)13(17)2/h4-8,10-11H,3,9,12H2,1-2H3. The van der Waals surface area contributed by atoms with Crippen LogP contribution in [-0.2, 0) is 16.0 Å². The highest BCUT2D eigenvalue weighted by Crippen LogP contribution is 2.29. The van der Waals surface area contributed by atoms with Crippen LogP contribution in [-0.4, -0.2) is 12.6 Å². The first-order valence-corrected chi connectivity index (χ1v) is 8.07. The molecule has 0 aromatic heterocycles. The molecule has 0 saturated heterocycles. The van der Waals surface area contributed by atoms with Crippen molar-refractivity contribution in [1.29, 1.82) is 0 Å². The molecule has 2 aromatic carbocycles. The zero-order valence-electron chi connectivity index (χ0n) is 12.8. The van der Waals surface area contributed by atoms with Crippen molar-refractivity contribution >= 4 is 21.9 Å². The maximum absolute atomic E-state index is 11.3. The van der Waals surface area contributed by atoms with Crippen LogP contribution in [0.2, 0.25) is 0 Å². The Bertz CT molecular complexity index is 635. The summed E-state index contributed by atoms with van der Waals surface area (Å²) >= 11 is 3.49. The highest BCUT2D eigenvalue weighted by Gasteiger charge is 2.05. The zero-order chi connectivity index (χ0) is 15.9. The molecule has 0 heterocycles. The zero-order valence-corrected chi connectivity index (χ0v) is 14.4. The molecule has 0 aliphatic rings. The molecule has 3 nitrogen and oxygen atoms in total. The Kier molecular flexibility index (Phi) is 6.01. The van der Waals surface area contributed by atoms with Gasteiger partial charge in [-0.15, -0.1) is 0 Å². The van der Waals surface area contributed by atoms with Crippen LogP contribution in [0.5, 0.6) is 11.5 Å². The van der Waals surface area contributed by atoms with E-state index in [1.165, 1.54) is 0 Å². The van der Waals surface area contributed by atoms with E-state index in [1.54, 1.807) is 0 Å². The van der Waals surface area contributed by atoms with E-state index >= 15 is 0 Å². The van der Waals surface area contributed by atoms with E-state index in [2.05, 4.69) is 15.9 Å². The molecule has 0 radical (unpaired) electrons. The van der Waals surface area contributed by atoms with Gasteiger partial charge in [-0.3, -0.25) is 4.79 Å². The van der Waals surface area contributed by atoms with Crippen LogP contribution in [0, 0.1) is 6.92 Å². The van der Waals surface area contributed by atoms with E-state index in [4.69, 9.17) is 9.47 Å². The number of aryl methyl sites for hydroxylation is 1. The van der Waals surface area contributed by atoms with Crippen molar-refractivity contribution in [2.24, 2.45) is 0 Å². The number of hydrogen-bond acceptors (Lipinski definition) is 3. The number of benzene rings is 2. The molecule has 0 aliphatic heterocycles. The van der Waals surface area contributed by atoms with Gasteiger partial charge < -0.3 is 9.47 Å². The lowest BCUT2D eigenvalue weighted by Crippen LogP contribution is -2.05. The summed E-state index contributed by atoms with van der Waals surface area (Å²) in [7, 11) is 0. The number of carbonyl (C=O) groups is 1. The quantitative estimate of drug-likeness (QED) is 0.674. The third kappa shape index (κ3) is 4.60.